The molecule has 0 fully saturated rings. The van der Waals surface area contributed by atoms with Gasteiger partial charge in [-0.15, -0.1) is 0 Å². The summed E-state index contributed by atoms with van der Waals surface area (Å²) in [7, 11) is -5.92. The molecule has 0 spiro atoms. The molecule has 0 aliphatic heterocycles. The van der Waals surface area contributed by atoms with E-state index in [2.05, 4.69) is 0 Å². The van der Waals surface area contributed by atoms with Crippen LogP contribution in [0.3, 0.4) is 0 Å². The van der Waals surface area contributed by atoms with Crippen LogP contribution in [-0.4, -0.2) is 25.0 Å². The zero-order valence-electron chi connectivity index (χ0n) is 13.5. The van der Waals surface area contributed by atoms with E-state index in [1.807, 2.05) is 0 Å². The van der Waals surface area contributed by atoms with Gasteiger partial charge in [-0.2, -0.15) is 13.2 Å². The maximum Gasteiger partial charge on any atom is 0.501 e. The van der Waals surface area contributed by atoms with Crippen molar-refractivity contribution in [3.63, 3.8) is 0 Å². The van der Waals surface area contributed by atoms with Gasteiger partial charge in [-0.1, -0.05) is 30.3 Å². The summed E-state index contributed by atoms with van der Waals surface area (Å²) in [5.74, 6) is -4.02. The van der Waals surface area contributed by atoms with E-state index in [4.69, 9.17) is 4.74 Å². The summed E-state index contributed by atoms with van der Waals surface area (Å²) >= 11 is 0. The predicted octanol–water partition coefficient (Wildman–Crippen LogP) is 3.78. The Hall–Kier alpha value is -2.20. The van der Waals surface area contributed by atoms with Crippen molar-refractivity contribution in [2.75, 3.05) is 0 Å². The molecule has 27 heavy (non-hydrogen) atoms. The van der Waals surface area contributed by atoms with Crippen LogP contribution in [0.25, 0.3) is 0 Å². The van der Waals surface area contributed by atoms with E-state index in [1.54, 1.807) is 30.3 Å². The Morgan fingerprint density at radius 2 is 1.74 bits per heavy atom. The van der Waals surface area contributed by atoms with Gasteiger partial charge in [0.25, 0.3) is 15.8 Å². The summed E-state index contributed by atoms with van der Waals surface area (Å²) < 4.78 is 95.5. The third kappa shape index (κ3) is 3.39. The van der Waals surface area contributed by atoms with E-state index in [-0.39, 0.29) is 12.4 Å². The fourth-order valence-electron chi connectivity index (χ4n) is 2.88. The largest absolute Gasteiger partial charge is 0.501 e. The van der Waals surface area contributed by atoms with Crippen molar-refractivity contribution < 1.29 is 40.2 Å². The van der Waals surface area contributed by atoms with Gasteiger partial charge in [-0.05, 0) is 17.7 Å². The average molecular weight is 408 g/mol. The van der Waals surface area contributed by atoms with Crippen LogP contribution in [0.1, 0.15) is 22.8 Å². The summed E-state index contributed by atoms with van der Waals surface area (Å²) in [5.41, 5.74) is -6.44. The van der Waals surface area contributed by atoms with Gasteiger partial charge in [0.1, 0.15) is 18.5 Å². The van der Waals surface area contributed by atoms with E-state index < -0.39 is 49.8 Å². The lowest BCUT2D eigenvalue weighted by Crippen LogP contribution is -2.26. The topological polar surface area (TPSA) is 63.6 Å². The van der Waals surface area contributed by atoms with Gasteiger partial charge in [0.05, 0.1) is 4.90 Å². The molecular weight excluding hydrogens is 395 g/mol. The highest BCUT2D eigenvalue weighted by atomic mass is 32.2. The molecule has 0 amide bonds. The van der Waals surface area contributed by atoms with Crippen molar-refractivity contribution in [3.8, 4) is 5.75 Å². The molecule has 146 valence electrons. The number of hydrogen-bond acceptors (Lipinski definition) is 4. The predicted molar refractivity (Wildman–Crippen MR) is 84.1 cm³/mol. The standard InChI is InChI=1S/C17H13F5O4S/c18-16(19)8-11-12(26-9-10-4-2-1-3-5-10)6-7-13(14(11)15(16)23)27(24,25)17(20,21)22/h1-7,15,23H,8-9H2/t15-/m0/s1. The Balaban J connectivity index is 2.07. The lowest BCUT2D eigenvalue weighted by molar-refractivity contribution is -0.0978. The van der Waals surface area contributed by atoms with Gasteiger partial charge in [0.15, 0.2) is 0 Å². The van der Waals surface area contributed by atoms with Crippen molar-refractivity contribution >= 4 is 9.84 Å². The molecular formula is C17H13F5O4S. The minimum atomic E-state index is -5.92. The van der Waals surface area contributed by atoms with Crippen LogP contribution in [0.4, 0.5) is 22.0 Å². The number of hydrogen-bond donors (Lipinski definition) is 1. The normalized spacial score (nSPS) is 19.0. The Labute approximate surface area is 151 Å². The number of aliphatic hydroxyl groups excluding tert-OH is 1. The highest BCUT2D eigenvalue weighted by Crippen LogP contribution is 2.50. The molecule has 0 radical (unpaired) electrons. The molecule has 1 aliphatic rings. The average Bonchev–Trinajstić information content (AvgIpc) is 2.83. The van der Waals surface area contributed by atoms with Crippen LogP contribution in [0.15, 0.2) is 47.4 Å². The van der Waals surface area contributed by atoms with Gasteiger partial charge in [-0.3, -0.25) is 0 Å². The summed E-state index contributed by atoms with van der Waals surface area (Å²) in [6.45, 7) is -0.0691. The van der Waals surface area contributed by atoms with Crippen molar-refractivity contribution in [1.29, 1.82) is 0 Å². The highest BCUT2D eigenvalue weighted by Gasteiger charge is 2.55. The summed E-state index contributed by atoms with van der Waals surface area (Å²) in [6.07, 6.45) is -3.81. The smallest absolute Gasteiger partial charge is 0.489 e. The van der Waals surface area contributed by atoms with Gasteiger partial charge in [0, 0.05) is 17.5 Å². The molecule has 3 rings (SSSR count). The maximum absolute atomic E-state index is 14.0. The summed E-state index contributed by atoms with van der Waals surface area (Å²) in [5, 5.41) is 9.79. The minimum absolute atomic E-state index is 0.0691. The first kappa shape index (κ1) is 19.6. The molecule has 1 N–H and O–H groups in total. The van der Waals surface area contributed by atoms with Gasteiger partial charge < -0.3 is 9.84 Å². The van der Waals surface area contributed by atoms with Crippen LogP contribution in [-0.2, 0) is 22.9 Å². The number of alkyl halides is 5. The number of rotatable bonds is 4. The van der Waals surface area contributed by atoms with E-state index in [9.17, 15) is 35.5 Å². The maximum atomic E-state index is 14.0. The second kappa shape index (κ2) is 6.45. The molecule has 0 heterocycles. The van der Waals surface area contributed by atoms with E-state index >= 15 is 0 Å². The molecule has 10 heteroatoms. The SMILES string of the molecule is O=S(=O)(c1ccc(OCc2ccccc2)c2c1[C@H](O)C(F)(F)C2)C(F)(F)F. The fourth-order valence-corrected chi connectivity index (χ4v) is 3.90. The highest BCUT2D eigenvalue weighted by molar-refractivity contribution is 7.92. The van der Waals surface area contributed by atoms with E-state index in [0.717, 1.165) is 6.07 Å². The monoisotopic (exact) mass is 408 g/mol. The minimum Gasteiger partial charge on any atom is -0.489 e. The Kier molecular flexibility index (Phi) is 4.67. The lowest BCUT2D eigenvalue weighted by Gasteiger charge is -2.17. The first-order valence-corrected chi connectivity index (χ1v) is 9.13. The zero-order valence-corrected chi connectivity index (χ0v) is 14.3. The van der Waals surface area contributed by atoms with Crippen molar-refractivity contribution in [3.05, 3.63) is 59.2 Å². The molecule has 2 aromatic carbocycles. The second-order valence-electron chi connectivity index (χ2n) is 6.02. The first-order chi connectivity index (χ1) is 12.4. The lowest BCUT2D eigenvalue weighted by atomic mass is 10.1. The molecule has 1 aliphatic carbocycles. The number of fused-ring (bicyclic) bond motifs is 1. The van der Waals surface area contributed by atoms with Gasteiger partial charge >= 0.3 is 5.51 Å². The first-order valence-electron chi connectivity index (χ1n) is 7.65. The van der Waals surface area contributed by atoms with Crippen LogP contribution in [0.5, 0.6) is 5.75 Å². The molecule has 0 aromatic heterocycles. The third-order valence-corrected chi connectivity index (χ3v) is 5.74. The summed E-state index contributed by atoms with van der Waals surface area (Å²) in [4.78, 5) is -1.39. The van der Waals surface area contributed by atoms with Crippen LogP contribution in [0, 0.1) is 0 Å². The number of benzene rings is 2. The molecule has 2 aromatic rings. The number of aliphatic hydroxyl groups is 1. The van der Waals surface area contributed by atoms with Crippen LogP contribution < -0.4 is 4.74 Å². The second-order valence-corrected chi connectivity index (χ2v) is 7.93. The molecule has 0 saturated heterocycles. The van der Waals surface area contributed by atoms with Gasteiger partial charge in [-0.25, -0.2) is 17.2 Å². The van der Waals surface area contributed by atoms with Crippen molar-refractivity contribution in [2.24, 2.45) is 0 Å². The Bertz CT molecular complexity index is 955. The fraction of sp³-hybridized carbons (Fsp3) is 0.294. The summed E-state index contributed by atoms with van der Waals surface area (Å²) in [6, 6.07) is 9.97. The van der Waals surface area contributed by atoms with Crippen LogP contribution in [0.2, 0.25) is 0 Å². The van der Waals surface area contributed by atoms with Crippen molar-refractivity contribution in [2.45, 2.75) is 35.5 Å². The molecule has 0 unspecified atom stereocenters. The Morgan fingerprint density at radius 1 is 1.11 bits per heavy atom. The Morgan fingerprint density at radius 3 is 2.33 bits per heavy atom. The molecule has 1 atom stereocenters. The quantitative estimate of drug-likeness (QED) is 0.783. The van der Waals surface area contributed by atoms with Gasteiger partial charge in [0.2, 0.25) is 0 Å². The number of ether oxygens (including phenoxy) is 1. The van der Waals surface area contributed by atoms with E-state index in [0.29, 0.717) is 11.6 Å². The molecule has 0 bridgehead atoms. The zero-order chi connectivity index (χ0) is 20.0. The van der Waals surface area contributed by atoms with Crippen LogP contribution >= 0.6 is 0 Å². The number of halogens is 5. The molecule has 0 saturated carbocycles. The number of sulfone groups is 1. The molecule has 4 nitrogen and oxygen atoms in total. The van der Waals surface area contributed by atoms with E-state index in [1.165, 1.54) is 0 Å². The van der Waals surface area contributed by atoms with Crippen molar-refractivity contribution in [1.82, 2.24) is 0 Å². The third-order valence-electron chi connectivity index (χ3n) is 4.19.